The predicted molar refractivity (Wildman–Crippen MR) is 75.9 cm³/mol. The van der Waals surface area contributed by atoms with E-state index in [1.54, 1.807) is 7.11 Å². The first kappa shape index (κ1) is 14.1. The Kier molecular flexibility index (Phi) is 5.40. The molecule has 1 aliphatic rings. The number of benzene rings is 1. The van der Waals surface area contributed by atoms with Gasteiger partial charge in [-0.05, 0) is 37.2 Å². The number of rotatable bonds is 6. The van der Waals surface area contributed by atoms with Crippen molar-refractivity contribution < 1.29 is 9.53 Å². The van der Waals surface area contributed by atoms with Gasteiger partial charge in [0.25, 0.3) is 0 Å². The van der Waals surface area contributed by atoms with Crippen LogP contribution in [0.3, 0.4) is 0 Å². The molecule has 0 unspecified atom stereocenters. The Bertz CT molecular complexity index is 391. The molecule has 0 bridgehead atoms. The van der Waals surface area contributed by atoms with Crippen LogP contribution in [-0.2, 0) is 16.0 Å². The van der Waals surface area contributed by atoms with Gasteiger partial charge in [0.05, 0.1) is 6.61 Å². The van der Waals surface area contributed by atoms with Crippen LogP contribution in [0.2, 0.25) is 0 Å². The van der Waals surface area contributed by atoms with Gasteiger partial charge < -0.3 is 10.1 Å². The number of hydrogen-bond acceptors (Lipinski definition) is 2. The minimum atomic E-state index is 0.118. The minimum Gasteiger partial charge on any atom is -0.384 e. The van der Waals surface area contributed by atoms with Gasteiger partial charge in [0.1, 0.15) is 0 Å². The normalized spacial score (nSPS) is 22.4. The van der Waals surface area contributed by atoms with Gasteiger partial charge in [0.2, 0.25) is 5.91 Å². The second-order valence-corrected chi connectivity index (χ2v) is 5.38. The summed E-state index contributed by atoms with van der Waals surface area (Å²) in [5.41, 5.74) is 1.40. The average Bonchev–Trinajstić information content (AvgIpc) is 2.85. The van der Waals surface area contributed by atoms with Gasteiger partial charge in [0, 0.05) is 19.6 Å². The maximum atomic E-state index is 11.6. The molecule has 2 atom stereocenters. The topological polar surface area (TPSA) is 38.3 Å². The van der Waals surface area contributed by atoms with Crippen LogP contribution in [0, 0.1) is 5.92 Å². The Balaban J connectivity index is 1.72. The highest BCUT2D eigenvalue weighted by Gasteiger charge is 2.25. The van der Waals surface area contributed by atoms with Gasteiger partial charge in [0.15, 0.2) is 0 Å². The van der Waals surface area contributed by atoms with Gasteiger partial charge >= 0.3 is 0 Å². The molecule has 3 nitrogen and oxygen atoms in total. The molecule has 1 aliphatic carbocycles. The summed E-state index contributed by atoms with van der Waals surface area (Å²) in [6.07, 6.45) is 5.02. The molecular formula is C16H23NO2. The molecule has 1 amide bonds. The van der Waals surface area contributed by atoms with Crippen molar-refractivity contribution >= 4 is 5.91 Å². The van der Waals surface area contributed by atoms with Crippen molar-refractivity contribution in [1.29, 1.82) is 0 Å². The van der Waals surface area contributed by atoms with Crippen LogP contribution in [0.4, 0.5) is 0 Å². The Hall–Kier alpha value is -1.35. The SMILES string of the molecule is COCCC(=O)N[C@H]1CC[C@@H](Cc2ccccc2)C1. The monoisotopic (exact) mass is 261 g/mol. The summed E-state index contributed by atoms with van der Waals surface area (Å²) >= 11 is 0. The number of hydrogen-bond donors (Lipinski definition) is 1. The highest BCUT2D eigenvalue weighted by atomic mass is 16.5. The minimum absolute atomic E-state index is 0.118. The molecule has 1 saturated carbocycles. The number of nitrogens with one attached hydrogen (secondary N) is 1. The van der Waals surface area contributed by atoms with Crippen molar-refractivity contribution in [2.75, 3.05) is 13.7 Å². The Labute approximate surface area is 115 Å². The number of ether oxygens (including phenoxy) is 1. The van der Waals surface area contributed by atoms with E-state index >= 15 is 0 Å². The molecule has 3 heteroatoms. The van der Waals surface area contributed by atoms with E-state index in [0.717, 1.165) is 19.3 Å². The number of carbonyl (C=O) groups excluding carboxylic acids is 1. The first-order valence-corrected chi connectivity index (χ1v) is 7.10. The zero-order valence-electron chi connectivity index (χ0n) is 11.6. The van der Waals surface area contributed by atoms with Crippen molar-refractivity contribution in [3.63, 3.8) is 0 Å². The van der Waals surface area contributed by atoms with Gasteiger partial charge in [-0.2, -0.15) is 0 Å². The lowest BCUT2D eigenvalue weighted by atomic mass is 9.98. The van der Waals surface area contributed by atoms with Gasteiger partial charge in [-0.1, -0.05) is 30.3 Å². The quantitative estimate of drug-likeness (QED) is 0.854. The maximum absolute atomic E-state index is 11.6. The molecule has 0 heterocycles. The fourth-order valence-electron chi connectivity index (χ4n) is 2.83. The maximum Gasteiger partial charge on any atom is 0.222 e. The molecule has 0 radical (unpaired) electrons. The zero-order chi connectivity index (χ0) is 13.5. The van der Waals surface area contributed by atoms with E-state index in [2.05, 4.69) is 35.6 Å². The van der Waals surface area contributed by atoms with Gasteiger partial charge in [-0.25, -0.2) is 0 Å². The molecule has 0 aromatic heterocycles. The fraction of sp³-hybridized carbons (Fsp3) is 0.562. The lowest BCUT2D eigenvalue weighted by Crippen LogP contribution is -2.33. The van der Waals surface area contributed by atoms with Crippen molar-refractivity contribution in [3.8, 4) is 0 Å². The van der Waals surface area contributed by atoms with Gasteiger partial charge in [-0.3, -0.25) is 4.79 Å². The molecule has 19 heavy (non-hydrogen) atoms. The van der Waals surface area contributed by atoms with Crippen LogP contribution in [-0.4, -0.2) is 25.7 Å². The lowest BCUT2D eigenvalue weighted by molar-refractivity contribution is -0.122. The predicted octanol–water partition coefficient (Wildman–Crippen LogP) is 2.55. The summed E-state index contributed by atoms with van der Waals surface area (Å²) in [5, 5.41) is 3.11. The van der Waals surface area contributed by atoms with E-state index in [-0.39, 0.29) is 5.91 Å². The highest BCUT2D eigenvalue weighted by molar-refractivity contribution is 5.76. The Morgan fingerprint density at radius 3 is 2.84 bits per heavy atom. The molecule has 104 valence electrons. The molecule has 1 fully saturated rings. The number of amides is 1. The van der Waals surface area contributed by atoms with Crippen LogP contribution < -0.4 is 5.32 Å². The zero-order valence-corrected chi connectivity index (χ0v) is 11.6. The summed E-state index contributed by atoms with van der Waals surface area (Å²) in [5.74, 6) is 0.822. The fourth-order valence-corrected chi connectivity index (χ4v) is 2.83. The van der Waals surface area contributed by atoms with Crippen molar-refractivity contribution in [3.05, 3.63) is 35.9 Å². The van der Waals surface area contributed by atoms with E-state index < -0.39 is 0 Å². The van der Waals surface area contributed by atoms with Gasteiger partial charge in [-0.15, -0.1) is 0 Å². The Morgan fingerprint density at radius 2 is 2.11 bits per heavy atom. The first-order valence-electron chi connectivity index (χ1n) is 7.10. The molecule has 1 aromatic carbocycles. The standard InChI is InChI=1S/C16H23NO2/c1-19-10-9-16(18)17-15-8-7-14(12-15)11-13-5-3-2-4-6-13/h2-6,14-15H,7-12H2,1H3,(H,17,18)/t14-,15-/m0/s1. The van der Waals surface area contributed by atoms with Crippen LogP contribution in [0.15, 0.2) is 30.3 Å². The molecule has 2 rings (SSSR count). The third-order valence-electron chi connectivity index (χ3n) is 3.81. The van der Waals surface area contributed by atoms with Crippen LogP contribution in [0.25, 0.3) is 0 Å². The summed E-state index contributed by atoms with van der Waals surface area (Å²) in [4.78, 5) is 11.6. The average molecular weight is 261 g/mol. The smallest absolute Gasteiger partial charge is 0.222 e. The van der Waals surface area contributed by atoms with E-state index in [0.29, 0.717) is 25.0 Å². The summed E-state index contributed by atoms with van der Waals surface area (Å²) < 4.78 is 4.92. The second-order valence-electron chi connectivity index (χ2n) is 5.38. The summed E-state index contributed by atoms with van der Waals surface area (Å²) in [7, 11) is 1.62. The summed E-state index contributed by atoms with van der Waals surface area (Å²) in [6, 6.07) is 11.0. The van der Waals surface area contributed by atoms with Crippen LogP contribution in [0.1, 0.15) is 31.2 Å². The summed E-state index contributed by atoms with van der Waals surface area (Å²) in [6.45, 7) is 0.506. The largest absolute Gasteiger partial charge is 0.384 e. The second kappa shape index (κ2) is 7.29. The molecule has 1 aromatic rings. The van der Waals surface area contributed by atoms with Crippen LogP contribution >= 0.6 is 0 Å². The lowest BCUT2D eigenvalue weighted by Gasteiger charge is -2.13. The Morgan fingerprint density at radius 1 is 1.32 bits per heavy atom. The highest BCUT2D eigenvalue weighted by Crippen LogP contribution is 2.28. The molecule has 1 N–H and O–H groups in total. The molecule has 0 saturated heterocycles. The van der Waals surface area contributed by atoms with E-state index in [1.165, 1.54) is 12.0 Å². The molecular weight excluding hydrogens is 238 g/mol. The van der Waals surface area contributed by atoms with Crippen molar-refractivity contribution in [2.24, 2.45) is 5.92 Å². The third-order valence-corrected chi connectivity index (χ3v) is 3.81. The van der Waals surface area contributed by atoms with Crippen molar-refractivity contribution in [1.82, 2.24) is 5.32 Å². The van der Waals surface area contributed by atoms with E-state index in [4.69, 9.17) is 4.74 Å². The van der Waals surface area contributed by atoms with E-state index in [1.807, 2.05) is 0 Å². The van der Waals surface area contributed by atoms with E-state index in [9.17, 15) is 4.79 Å². The van der Waals surface area contributed by atoms with Crippen molar-refractivity contribution in [2.45, 2.75) is 38.1 Å². The first-order chi connectivity index (χ1) is 9.28. The third kappa shape index (κ3) is 4.67. The molecule has 0 spiro atoms. The molecule has 0 aliphatic heterocycles. The van der Waals surface area contributed by atoms with Crippen LogP contribution in [0.5, 0.6) is 0 Å². The number of methoxy groups -OCH3 is 1. The number of carbonyl (C=O) groups is 1.